The van der Waals surface area contributed by atoms with Crippen LogP contribution in [0.5, 0.6) is 0 Å². The fraction of sp³-hybridized carbons (Fsp3) is 0.250. The Labute approximate surface area is 108 Å². The van der Waals surface area contributed by atoms with E-state index in [0.717, 1.165) is 0 Å². The molecule has 2 aromatic rings. The van der Waals surface area contributed by atoms with Crippen LogP contribution < -0.4 is 0 Å². The highest BCUT2D eigenvalue weighted by atomic mass is 35.5. The van der Waals surface area contributed by atoms with E-state index in [0.29, 0.717) is 30.1 Å². The minimum Gasteiger partial charge on any atom is -0.339 e. The zero-order valence-electron chi connectivity index (χ0n) is 9.61. The molecule has 0 N–H and O–H groups in total. The van der Waals surface area contributed by atoms with Crippen molar-refractivity contribution in [2.75, 3.05) is 0 Å². The molecule has 0 aliphatic rings. The number of nitrogens with zero attached hydrogens (tertiary/aromatic N) is 2. The van der Waals surface area contributed by atoms with Crippen molar-refractivity contribution in [2.24, 2.45) is 0 Å². The van der Waals surface area contributed by atoms with E-state index in [4.69, 9.17) is 16.1 Å². The molecule has 1 heterocycles. The summed E-state index contributed by atoms with van der Waals surface area (Å²) in [6, 6.07) is 3.94. The number of ketones is 1. The summed E-state index contributed by atoms with van der Waals surface area (Å²) in [6.45, 7) is 1.49. The fourth-order valence-electron chi connectivity index (χ4n) is 1.42. The van der Waals surface area contributed by atoms with Gasteiger partial charge in [-0.15, -0.1) is 0 Å². The van der Waals surface area contributed by atoms with Gasteiger partial charge in [-0.2, -0.15) is 4.98 Å². The van der Waals surface area contributed by atoms with Gasteiger partial charge >= 0.3 is 0 Å². The standard InChI is InChI=1S/C12H10ClFN2O2/c1-7(17)2-5-11-15-12(16-18-11)9-4-3-8(14)6-10(9)13/h3-4,6H,2,5H2,1H3. The maximum atomic E-state index is 12.9. The van der Waals surface area contributed by atoms with Gasteiger partial charge in [0.05, 0.1) is 5.02 Å². The highest BCUT2D eigenvalue weighted by molar-refractivity contribution is 6.33. The highest BCUT2D eigenvalue weighted by Crippen LogP contribution is 2.26. The molecule has 18 heavy (non-hydrogen) atoms. The van der Waals surface area contributed by atoms with Crippen molar-refractivity contribution in [3.63, 3.8) is 0 Å². The van der Waals surface area contributed by atoms with E-state index in [9.17, 15) is 9.18 Å². The first kappa shape index (κ1) is 12.7. The Morgan fingerprint density at radius 3 is 2.94 bits per heavy atom. The van der Waals surface area contributed by atoms with Crippen molar-refractivity contribution in [1.29, 1.82) is 0 Å². The summed E-state index contributed by atoms with van der Waals surface area (Å²) in [5.74, 6) is 0.276. The van der Waals surface area contributed by atoms with E-state index < -0.39 is 5.82 Å². The summed E-state index contributed by atoms with van der Waals surface area (Å²) in [7, 11) is 0. The Hall–Kier alpha value is -1.75. The largest absolute Gasteiger partial charge is 0.339 e. The van der Waals surface area contributed by atoms with Crippen molar-refractivity contribution >= 4 is 17.4 Å². The van der Waals surface area contributed by atoms with Gasteiger partial charge in [0.1, 0.15) is 11.6 Å². The van der Waals surface area contributed by atoms with Crippen molar-refractivity contribution < 1.29 is 13.7 Å². The van der Waals surface area contributed by atoms with Crippen LogP contribution in [0, 0.1) is 5.82 Å². The van der Waals surface area contributed by atoms with Gasteiger partial charge in [-0.3, -0.25) is 0 Å². The van der Waals surface area contributed by atoms with Crippen molar-refractivity contribution in [3.8, 4) is 11.4 Å². The van der Waals surface area contributed by atoms with Crippen molar-refractivity contribution in [1.82, 2.24) is 10.1 Å². The first-order chi connectivity index (χ1) is 8.56. The number of Topliss-reactive ketones (excluding diaryl/α,β-unsaturated/α-hetero) is 1. The lowest BCUT2D eigenvalue weighted by Gasteiger charge is -1.97. The molecule has 94 valence electrons. The SMILES string of the molecule is CC(=O)CCc1nc(-c2ccc(F)cc2Cl)no1. The van der Waals surface area contributed by atoms with Gasteiger partial charge in [0.15, 0.2) is 0 Å². The van der Waals surface area contributed by atoms with E-state index in [1.54, 1.807) is 0 Å². The van der Waals surface area contributed by atoms with Gasteiger partial charge in [-0.05, 0) is 25.1 Å². The molecule has 0 fully saturated rings. The number of hydrogen-bond donors (Lipinski definition) is 0. The zero-order valence-corrected chi connectivity index (χ0v) is 10.4. The average Bonchev–Trinajstić information content (AvgIpc) is 2.75. The summed E-state index contributed by atoms with van der Waals surface area (Å²) < 4.78 is 17.9. The van der Waals surface area contributed by atoms with Gasteiger partial charge in [0, 0.05) is 18.4 Å². The molecule has 4 nitrogen and oxygen atoms in total. The second-order valence-electron chi connectivity index (χ2n) is 3.84. The van der Waals surface area contributed by atoms with Gasteiger partial charge in [0.25, 0.3) is 0 Å². The lowest BCUT2D eigenvalue weighted by atomic mass is 10.2. The van der Waals surface area contributed by atoms with Crippen LogP contribution >= 0.6 is 11.6 Å². The van der Waals surface area contributed by atoms with E-state index >= 15 is 0 Å². The van der Waals surface area contributed by atoms with Gasteiger partial charge in [-0.1, -0.05) is 16.8 Å². The molecule has 1 aromatic carbocycles. The summed E-state index contributed by atoms with van der Waals surface area (Å²) in [5.41, 5.74) is 0.496. The average molecular weight is 269 g/mol. The topological polar surface area (TPSA) is 56.0 Å². The van der Waals surface area contributed by atoms with Crippen LogP contribution in [-0.4, -0.2) is 15.9 Å². The summed E-state index contributed by atoms with van der Waals surface area (Å²) in [4.78, 5) is 14.9. The van der Waals surface area contributed by atoms with E-state index in [-0.39, 0.29) is 10.8 Å². The normalized spacial score (nSPS) is 10.6. The van der Waals surface area contributed by atoms with E-state index in [1.807, 2.05) is 0 Å². The van der Waals surface area contributed by atoms with Crippen LogP contribution in [0.2, 0.25) is 5.02 Å². The highest BCUT2D eigenvalue weighted by Gasteiger charge is 2.12. The number of aromatic nitrogens is 2. The third-order valence-electron chi connectivity index (χ3n) is 2.33. The quantitative estimate of drug-likeness (QED) is 0.855. The first-order valence-electron chi connectivity index (χ1n) is 5.33. The molecule has 0 aliphatic carbocycles. The number of halogens is 2. The molecule has 0 aliphatic heterocycles. The number of aryl methyl sites for hydroxylation is 1. The molecule has 0 bridgehead atoms. The van der Waals surface area contributed by atoms with Crippen LogP contribution in [0.4, 0.5) is 4.39 Å². The molecule has 0 saturated carbocycles. The maximum absolute atomic E-state index is 12.9. The second kappa shape index (κ2) is 5.27. The number of carbonyl (C=O) groups is 1. The molecule has 2 rings (SSSR count). The predicted molar refractivity (Wildman–Crippen MR) is 63.7 cm³/mol. The molecule has 6 heteroatoms. The summed E-state index contributed by atoms with van der Waals surface area (Å²) in [5, 5.41) is 3.97. The minimum absolute atomic E-state index is 0.0505. The molecule has 0 radical (unpaired) electrons. The van der Waals surface area contributed by atoms with Gasteiger partial charge in [0.2, 0.25) is 11.7 Å². The van der Waals surface area contributed by atoms with Crippen LogP contribution in [0.25, 0.3) is 11.4 Å². The van der Waals surface area contributed by atoms with Crippen molar-refractivity contribution in [3.05, 3.63) is 34.9 Å². The Kier molecular flexibility index (Phi) is 3.72. The fourth-order valence-corrected chi connectivity index (χ4v) is 1.67. The van der Waals surface area contributed by atoms with Gasteiger partial charge < -0.3 is 9.32 Å². The minimum atomic E-state index is -0.427. The first-order valence-corrected chi connectivity index (χ1v) is 5.71. The van der Waals surface area contributed by atoms with E-state index in [2.05, 4.69) is 10.1 Å². The van der Waals surface area contributed by atoms with Crippen LogP contribution in [0.15, 0.2) is 22.7 Å². The molecule has 0 saturated heterocycles. The Balaban J connectivity index is 2.21. The molecule has 1 aromatic heterocycles. The predicted octanol–water partition coefficient (Wildman–Crippen LogP) is 3.05. The van der Waals surface area contributed by atoms with E-state index in [1.165, 1.54) is 25.1 Å². The Morgan fingerprint density at radius 1 is 1.50 bits per heavy atom. The van der Waals surface area contributed by atoms with Gasteiger partial charge in [-0.25, -0.2) is 4.39 Å². The lowest BCUT2D eigenvalue weighted by Crippen LogP contribution is -1.94. The molecular weight excluding hydrogens is 259 g/mol. The molecule has 0 amide bonds. The Bertz CT molecular complexity index is 583. The molecule has 0 spiro atoms. The van der Waals surface area contributed by atoms with Crippen LogP contribution in [0.1, 0.15) is 19.2 Å². The lowest BCUT2D eigenvalue weighted by molar-refractivity contribution is -0.117. The number of benzene rings is 1. The van der Waals surface area contributed by atoms with Crippen LogP contribution in [-0.2, 0) is 11.2 Å². The number of hydrogen-bond acceptors (Lipinski definition) is 4. The number of carbonyl (C=O) groups excluding carboxylic acids is 1. The summed E-state index contributed by atoms with van der Waals surface area (Å²) in [6.07, 6.45) is 0.736. The molecule has 0 atom stereocenters. The molecule has 0 unspecified atom stereocenters. The zero-order chi connectivity index (χ0) is 13.1. The smallest absolute Gasteiger partial charge is 0.227 e. The van der Waals surface area contributed by atoms with Crippen LogP contribution in [0.3, 0.4) is 0 Å². The number of rotatable bonds is 4. The Morgan fingerprint density at radius 2 is 2.28 bits per heavy atom. The molecular formula is C12H10ClFN2O2. The third-order valence-corrected chi connectivity index (χ3v) is 2.64. The monoisotopic (exact) mass is 268 g/mol. The maximum Gasteiger partial charge on any atom is 0.227 e. The summed E-state index contributed by atoms with van der Waals surface area (Å²) >= 11 is 5.89. The van der Waals surface area contributed by atoms with Crippen molar-refractivity contribution in [2.45, 2.75) is 19.8 Å². The second-order valence-corrected chi connectivity index (χ2v) is 4.25. The third kappa shape index (κ3) is 2.92.